The molecule has 5 heteroatoms. The van der Waals surface area contributed by atoms with Crippen LogP contribution in [-0.2, 0) is 6.42 Å². The molecule has 0 N–H and O–H groups in total. The molecule has 0 bridgehead atoms. The molecule has 0 aliphatic carbocycles. The lowest BCUT2D eigenvalue weighted by Gasteiger charge is -2.07. The van der Waals surface area contributed by atoms with Crippen molar-refractivity contribution in [1.29, 1.82) is 5.26 Å². The summed E-state index contributed by atoms with van der Waals surface area (Å²) in [5.41, 5.74) is 4.47. The van der Waals surface area contributed by atoms with E-state index < -0.39 is 0 Å². The summed E-state index contributed by atoms with van der Waals surface area (Å²) in [7, 11) is 3.21. The predicted molar refractivity (Wildman–Crippen MR) is 110 cm³/mol. The number of rotatable bonds is 6. The van der Waals surface area contributed by atoms with Crippen LogP contribution in [0.1, 0.15) is 23.1 Å². The number of hydrogen-bond donors (Lipinski definition) is 0. The Morgan fingerprint density at radius 1 is 1.15 bits per heavy atom. The topological polar surface area (TPSA) is 55.1 Å². The quantitative estimate of drug-likeness (QED) is 0.537. The van der Waals surface area contributed by atoms with Crippen molar-refractivity contribution in [3.8, 4) is 28.8 Å². The lowest BCUT2D eigenvalue weighted by atomic mass is 10.1. The van der Waals surface area contributed by atoms with Gasteiger partial charge in [-0.25, -0.2) is 4.98 Å². The summed E-state index contributed by atoms with van der Waals surface area (Å²) in [6.45, 7) is 2.13. The van der Waals surface area contributed by atoms with Crippen molar-refractivity contribution in [2.75, 3.05) is 14.2 Å². The van der Waals surface area contributed by atoms with Crippen molar-refractivity contribution < 1.29 is 9.47 Å². The third-order valence-corrected chi connectivity index (χ3v) is 5.13. The number of ether oxygens (including phenoxy) is 2. The largest absolute Gasteiger partial charge is 0.497 e. The maximum absolute atomic E-state index is 9.66. The first-order valence-corrected chi connectivity index (χ1v) is 9.45. The summed E-state index contributed by atoms with van der Waals surface area (Å²) < 4.78 is 10.7. The van der Waals surface area contributed by atoms with Crippen molar-refractivity contribution in [3.05, 3.63) is 64.0 Å². The van der Waals surface area contributed by atoms with Crippen LogP contribution in [0.2, 0.25) is 0 Å². The highest BCUT2D eigenvalue weighted by Gasteiger charge is 2.11. The lowest BCUT2D eigenvalue weighted by Crippen LogP contribution is -1.90. The molecule has 0 aliphatic heterocycles. The number of nitriles is 1. The number of aromatic nitrogens is 1. The number of aryl methyl sites for hydroxylation is 1. The summed E-state index contributed by atoms with van der Waals surface area (Å²) in [5.74, 6) is 1.38. The second-order valence-electron chi connectivity index (χ2n) is 5.87. The van der Waals surface area contributed by atoms with E-state index in [0.717, 1.165) is 23.2 Å². The Balaban J connectivity index is 1.96. The number of thiazole rings is 1. The van der Waals surface area contributed by atoms with Crippen LogP contribution in [0.3, 0.4) is 0 Å². The molecule has 0 saturated heterocycles. The molecular formula is C22H20N2O2S. The third kappa shape index (κ3) is 4.18. The fourth-order valence-corrected chi connectivity index (χ4v) is 3.49. The molecule has 1 aromatic heterocycles. The second-order valence-corrected chi connectivity index (χ2v) is 6.72. The van der Waals surface area contributed by atoms with Gasteiger partial charge >= 0.3 is 0 Å². The van der Waals surface area contributed by atoms with E-state index >= 15 is 0 Å². The summed E-state index contributed by atoms with van der Waals surface area (Å²) >= 11 is 1.46. The second kappa shape index (κ2) is 8.52. The monoisotopic (exact) mass is 376 g/mol. The first-order valence-electron chi connectivity index (χ1n) is 8.57. The van der Waals surface area contributed by atoms with Crippen LogP contribution in [-0.4, -0.2) is 19.2 Å². The zero-order valence-corrected chi connectivity index (χ0v) is 16.3. The van der Waals surface area contributed by atoms with Crippen LogP contribution >= 0.6 is 11.3 Å². The van der Waals surface area contributed by atoms with Gasteiger partial charge in [-0.3, -0.25) is 0 Å². The van der Waals surface area contributed by atoms with Crippen LogP contribution in [0, 0.1) is 11.3 Å². The normalized spacial score (nSPS) is 11.1. The Morgan fingerprint density at radius 2 is 1.93 bits per heavy atom. The van der Waals surface area contributed by atoms with Gasteiger partial charge in [0.2, 0.25) is 0 Å². The van der Waals surface area contributed by atoms with Crippen LogP contribution in [0.25, 0.3) is 22.9 Å². The van der Waals surface area contributed by atoms with Gasteiger partial charge < -0.3 is 9.47 Å². The zero-order chi connectivity index (χ0) is 19.2. The van der Waals surface area contributed by atoms with E-state index in [9.17, 15) is 5.26 Å². The fraction of sp³-hybridized carbons (Fsp3) is 0.182. The standard InChI is InChI=1S/C22H20N2O2S/c1-4-15-5-7-16(8-6-15)20-14-27-22(24-20)18(13-23)11-17-12-19(25-2)9-10-21(17)26-3/h5-12,14H,4H2,1-3H3/b18-11+. The Hall–Kier alpha value is -3.10. The van der Waals surface area contributed by atoms with Gasteiger partial charge in [0.15, 0.2) is 0 Å². The van der Waals surface area contributed by atoms with Gasteiger partial charge in [-0.1, -0.05) is 31.2 Å². The van der Waals surface area contributed by atoms with E-state index in [-0.39, 0.29) is 0 Å². The van der Waals surface area contributed by atoms with Crippen LogP contribution in [0.5, 0.6) is 11.5 Å². The molecular weight excluding hydrogens is 356 g/mol. The third-order valence-electron chi connectivity index (χ3n) is 4.25. The van der Waals surface area contributed by atoms with E-state index in [1.165, 1.54) is 16.9 Å². The summed E-state index contributed by atoms with van der Waals surface area (Å²) in [5, 5.41) is 12.3. The van der Waals surface area contributed by atoms with E-state index in [4.69, 9.17) is 9.47 Å². The highest BCUT2D eigenvalue weighted by atomic mass is 32.1. The molecule has 3 rings (SSSR count). The van der Waals surface area contributed by atoms with Crippen LogP contribution < -0.4 is 9.47 Å². The van der Waals surface area contributed by atoms with Gasteiger partial charge in [0, 0.05) is 16.5 Å². The molecule has 136 valence electrons. The minimum atomic E-state index is 0.489. The van der Waals surface area contributed by atoms with Crippen molar-refractivity contribution in [2.45, 2.75) is 13.3 Å². The molecule has 27 heavy (non-hydrogen) atoms. The molecule has 0 atom stereocenters. The van der Waals surface area contributed by atoms with Gasteiger partial charge in [0.1, 0.15) is 22.6 Å². The Labute approximate surface area is 163 Å². The summed E-state index contributed by atoms with van der Waals surface area (Å²) in [6, 6.07) is 16.1. The minimum Gasteiger partial charge on any atom is -0.497 e. The molecule has 2 aromatic carbocycles. The van der Waals surface area contributed by atoms with Crippen molar-refractivity contribution >= 4 is 23.0 Å². The van der Waals surface area contributed by atoms with E-state index in [2.05, 4.69) is 42.2 Å². The van der Waals surface area contributed by atoms with E-state index in [0.29, 0.717) is 22.1 Å². The predicted octanol–water partition coefficient (Wildman–Crippen LogP) is 5.45. The van der Waals surface area contributed by atoms with Gasteiger partial charge in [0.05, 0.1) is 25.5 Å². The smallest absolute Gasteiger partial charge is 0.134 e. The molecule has 0 aliphatic rings. The molecule has 0 saturated carbocycles. The van der Waals surface area contributed by atoms with Gasteiger partial charge in [-0.05, 0) is 36.3 Å². The Morgan fingerprint density at radius 3 is 2.56 bits per heavy atom. The SMILES string of the molecule is CCc1ccc(-c2csc(/C(C#N)=C/c3cc(OC)ccc3OC)n2)cc1. The minimum absolute atomic E-state index is 0.489. The molecule has 0 fully saturated rings. The van der Waals surface area contributed by atoms with Crippen LogP contribution in [0.15, 0.2) is 47.8 Å². The summed E-state index contributed by atoms with van der Waals surface area (Å²) in [4.78, 5) is 4.66. The average molecular weight is 376 g/mol. The number of methoxy groups -OCH3 is 2. The van der Waals surface area contributed by atoms with Gasteiger partial charge in [-0.2, -0.15) is 5.26 Å². The fourth-order valence-electron chi connectivity index (χ4n) is 2.69. The number of allylic oxidation sites excluding steroid dienone is 1. The van der Waals surface area contributed by atoms with E-state index in [1.54, 1.807) is 20.3 Å². The maximum atomic E-state index is 9.66. The van der Waals surface area contributed by atoms with Crippen molar-refractivity contribution in [1.82, 2.24) is 4.98 Å². The Kier molecular flexibility index (Phi) is 5.90. The average Bonchev–Trinajstić information content (AvgIpc) is 3.21. The molecule has 0 unspecified atom stereocenters. The number of benzene rings is 2. The molecule has 1 heterocycles. The molecule has 0 amide bonds. The molecule has 3 aromatic rings. The van der Waals surface area contributed by atoms with E-state index in [1.807, 2.05) is 23.6 Å². The summed E-state index contributed by atoms with van der Waals surface area (Å²) in [6.07, 6.45) is 2.79. The zero-order valence-electron chi connectivity index (χ0n) is 15.5. The molecule has 0 spiro atoms. The highest BCUT2D eigenvalue weighted by molar-refractivity contribution is 7.11. The molecule has 0 radical (unpaired) electrons. The first-order chi connectivity index (χ1) is 13.2. The molecule has 4 nitrogen and oxygen atoms in total. The van der Waals surface area contributed by atoms with Crippen molar-refractivity contribution in [3.63, 3.8) is 0 Å². The Bertz CT molecular complexity index is 998. The van der Waals surface area contributed by atoms with Crippen LogP contribution in [0.4, 0.5) is 0 Å². The first kappa shape index (κ1) is 18.7. The van der Waals surface area contributed by atoms with Gasteiger partial charge in [0.25, 0.3) is 0 Å². The number of nitrogens with zero attached hydrogens (tertiary/aromatic N) is 2. The highest BCUT2D eigenvalue weighted by Crippen LogP contribution is 2.31. The maximum Gasteiger partial charge on any atom is 0.134 e. The lowest BCUT2D eigenvalue weighted by molar-refractivity contribution is 0.402. The van der Waals surface area contributed by atoms with Crippen molar-refractivity contribution in [2.24, 2.45) is 0 Å². The number of hydrogen-bond acceptors (Lipinski definition) is 5. The van der Waals surface area contributed by atoms with Gasteiger partial charge in [-0.15, -0.1) is 11.3 Å².